The van der Waals surface area contributed by atoms with E-state index < -0.39 is 52.4 Å². The van der Waals surface area contributed by atoms with E-state index >= 15 is 4.39 Å². The normalized spacial score (nSPS) is 23.4. The summed E-state index contributed by atoms with van der Waals surface area (Å²) in [5, 5.41) is 19.5. The van der Waals surface area contributed by atoms with Crippen LogP contribution in [0.25, 0.3) is 0 Å². The maximum atomic E-state index is 15.8. The van der Waals surface area contributed by atoms with Crippen molar-refractivity contribution in [3.8, 4) is 0 Å². The predicted octanol–water partition coefficient (Wildman–Crippen LogP) is 4.59. The highest BCUT2D eigenvalue weighted by Crippen LogP contribution is 2.57. The molecule has 4 atom stereocenters. The van der Waals surface area contributed by atoms with Gasteiger partial charge in [-0.1, -0.05) is 55.2 Å². The lowest BCUT2D eigenvalue weighted by atomic mass is 9.62. The van der Waals surface area contributed by atoms with Crippen molar-refractivity contribution < 1.29 is 23.9 Å². The summed E-state index contributed by atoms with van der Waals surface area (Å²) >= 11 is 12.5. The molecule has 0 saturated carbocycles. The number of hydrogen-bond acceptors (Lipinski definition) is 5. The summed E-state index contributed by atoms with van der Waals surface area (Å²) in [4.78, 5) is 39.6. The molecule has 6 N–H and O–H groups in total. The number of aliphatic hydroxyl groups excluding tert-OH is 1. The molecule has 2 aliphatic heterocycles. The van der Waals surface area contributed by atoms with Crippen LogP contribution in [0.4, 0.5) is 15.8 Å². The highest BCUT2D eigenvalue weighted by molar-refractivity contribution is 6.31. The van der Waals surface area contributed by atoms with Gasteiger partial charge in [-0.2, -0.15) is 0 Å². The molecule has 0 radical (unpaired) electrons. The number of aliphatic hydroxyl groups is 1. The van der Waals surface area contributed by atoms with E-state index in [0.29, 0.717) is 22.0 Å². The second-order valence-electron chi connectivity index (χ2n) is 11.3. The average Bonchev–Trinajstić information content (AvgIpc) is 3.40. The molecule has 5 rings (SSSR count). The SMILES string of the molecule is CC(C)(CO)C[C@@H]1N[C@@H](C(=O)Nc2ccc(C(N)=O)cc2)[C@H](c2cccc(Cl)c2F)[C@]12C(=O)Nc1cc(Cl)ccc12. The Bertz CT molecular complexity index is 1550. The van der Waals surface area contributed by atoms with E-state index in [0.717, 1.165) is 0 Å². The molecule has 3 aromatic carbocycles. The van der Waals surface area contributed by atoms with Crippen molar-refractivity contribution >= 4 is 52.3 Å². The number of rotatable bonds is 7. The van der Waals surface area contributed by atoms with Gasteiger partial charge in [-0.3, -0.25) is 14.4 Å². The Morgan fingerprint density at radius 2 is 1.83 bits per heavy atom. The molecule has 11 heteroatoms. The van der Waals surface area contributed by atoms with E-state index in [1.165, 1.54) is 36.4 Å². The second kappa shape index (κ2) is 10.7. The van der Waals surface area contributed by atoms with Crippen LogP contribution in [0.5, 0.6) is 0 Å². The lowest BCUT2D eigenvalue weighted by Crippen LogP contribution is -2.50. The van der Waals surface area contributed by atoms with Crippen LogP contribution in [0.1, 0.15) is 47.7 Å². The number of hydrogen-bond donors (Lipinski definition) is 5. The van der Waals surface area contributed by atoms with Crippen LogP contribution in [-0.4, -0.2) is 41.5 Å². The second-order valence-corrected chi connectivity index (χ2v) is 12.1. The average molecular weight is 599 g/mol. The van der Waals surface area contributed by atoms with Gasteiger partial charge in [0.05, 0.1) is 11.1 Å². The Morgan fingerprint density at radius 3 is 2.49 bits per heavy atom. The molecule has 1 spiro atoms. The van der Waals surface area contributed by atoms with Crippen LogP contribution in [0.15, 0.2) is 60.7 Å². The Balaban J connectivity index is 1.69. The summed E-state index contributed by atoms with van der Waals surface area (Å²) in [7, 11) is 0. The number of fused-ring (bicyclic) bond motifs is 2. The third-order valence-electron chi connectivity index (χ3n) is 8.03. The first-order valence-electron chi connectivity index (χ1n) is 13.0. The van der Waals surface area contributed by atoms with Gasteiger partial charge in [0, 0.05) is 40.5 Å². The minimum absolute atomic E-state index is 0.0940. The largest absolute Gasteiger partial charge is 0.396 e. The van der Waals surface area contributed by atoms with Gasteiger partial charge in [-0.05, 0) is 65.4 Å². The third-order valence-corrected chi connectivity index (χ3v) is 8.55. The van der Waals surface area contributed by atoms with Crippen molar-refractivity contribution in [2.45, 2.75) is 43.7 Å². The summed E-state index contributed by atoms with van der Waals surface area (Å²) in [6.45, 7) is 3.51. The van der Waals surface area contributed by atoms with Crippen molar-refractivity contribution in [2.75, 3.05) is 17.2 Å². The third kappa shape index (κ3) is 4.97. The van der Waals surface area contributed by atoms with E-state index in [2.05, 4.69) is 16.0 Å². The Kier molecular flexibility index (Phi) is 7.59. The number of nitrogens with two attached hydrogens (primary N) is 1. The zero-order chi connectivity index (χ0) is 29.7. The first-order valence-corrected chi connectivity index (χ1v) is 13.8. The minimum atomic E-state index is -1.46. The lowest BCUT2D eigenvalue weighted by Gasteiger charge is -2.38. The van der Waals surface area contributed by atoms with E-state index in [4.69, 9.17) is 28.9 Å². The number of nitrogens with one attached hydrogen (secondary N) is 3. The van der Waals surface area contributed by atoms with Crippen LogP contribution in [-0.2, 0) is 15.0 Å². The van der Waals surface area contributed by atoms with Crippen LogP contribution in [0.3, 0.4) is 0 Å². The smallest absolute Gasteiger partial charge is 0.248 e. The topological polar surface area (TPSA) is 134 Å². The maximum absolute atomic E-state index is 15.8. The molecule has 3 amide bonds. The summed E-state index contributed by atoms with van der Waals surface area (Å²) in [5.74, 6) is -3.35. The van der Waals surface area contributed by atoms with E-state index in [9.17, 15) is 19.5 Å². The molecule has 2 heterocycles. The molecule has 8 nitrogen and oxygen atoms in total. The van der Waals surface area contributed by atoms with Gasteiger partial charge >= 0.3 is 0 Å². The van der Waals surface area contributed by atoms with Crippen LogP contribution in [0.2, 0.25) is 10.0 Å². The van der Waals surface area contributed by atoms with Gasteiger partial charge < -0.3 is 26.8 Å². The van der Waals surface area contributed by atoms with E-state index in [1.807, 2.05) is 13.8 Å². The predicted molar refractivity (Wildman–Crippen MR) is 156 cm³/mol. The van der Waals surface area contributed by atoms with Crippen molar-refractivity contribution in [3.05, 3.63) is 93.2 Å². The van der Waals surface area contributed by atoms with Gasteiger partial charge in [-0.25, -0.2) is 4.39 Å². The van der Waals surface area contributed by atoms with Crippen molar-refractivity contribution in [1.82, 2.24) is 5.32 Å². The molecular weight excluding hydrogens is 570 g/mol. The molecular formula is C30H29Cl2FN4O4. The quantitative estimate of drug-likeness (QED) is 0.271. The summed E-state index contributed by atoms with van der Waals surface area (Å²) < 4.78 is 15.8. The van der Waals surface area contributed by atoms with Crippen LogP contribution in [0, 0.1) is 11.2 Å². The van der Waals surface area contributed by atoms with E-state index in [-0.39, 0.29) is 29.2 Å². The molecule has 0 bridgehead atoms. The van der Waals surface area contributed by atoms with Crippen molar-refractivity contribution in [1.29, 1.82) is 0 Å². The number of carbonyl (C=O) groups excluding carboxylic acids is 3. The number of carbonyl (C=O) groups is 3. The highest BCUT2D eigenvalue weighted by atomic mass is 35.5. The van der Waals surface area contributed by atoms with Gasteiger partial charge in [-0.15, -0.1) is 0 Å². The van der Waals surface area contributed by atoms with Crippen molar-refractivity contribution in [3.63, 3.8) is 0 Å². The first kappa shape index (κ1) is 29.0. The van der Waals surface area contributed by atoms with Crippen molar-refractivity contribution in [2.24, 2.45) is 11.1 Å². The number of benzene rings is 3. The fourth-order valence-corrected chi connectivity index (χ4v) is 6.45. The molecule has 1 fully saturated rings. The lowest BCUT2D eigenvalue weighted by molar-refractivity contribution is -0.122. The van der Waals surface area contributed by atoms with Gasteiger partial charge in [0.15, 0.2) is 0 Å². The maximum Gasteiger partial charge on any atom is 0.248 e. The molecule has 1 saturated heterocycles. The number of primary amides is 1. The molecule has 41 heavy (non-hydrogen) atoms. The monoisotopic (exact) mass is 598 g/mol. The zero-order valence-electron chi connectivity index (χ0n) is 22.3. The highest BCUT2D eigenvalue weighted by Gasteiger charge is 2.66. The molecule has 3 aromatic rings. The van der Waals surface area contributed by atoms with Gasteiger partial charge in [0.1, 0.15) is 11.2 Å². The molecule has 0 unspecified atom stereocenters. The molecule has 0 aliphatic carbocycles. The van der Waals surface area contributed by atoms with Crippen LogP contribution >= 0.6 is 23.2 Å². The molecule has 214 valence electrons. The summed E-state index contributed by atoms with van der Waals surface area (Å²) in [6.07, 6.45) is 0.273. The fraction of sp³-hybridized carbons (Fsp3) is 0.300. The van der Waals surface area contributed by atoms with E-state index in [1.54, 1.807) is 24.3 Å². The zero-order valence-corrected chi connectivity index (χ0v) is 23.8. The standard InChI is InChI=1S/C30H29Cl2FN4O4/c1-29(2,14-38)13-22-30(19-11-8-16(31)12-21(19)36-28(30)41)23(18-4-3-5-20(32)24(18)33)25(37-22)27(40)35-17-9-6-15(7-10-17)26(34)39/h3-12,22-23,25,37-38H,13-14H2,1-2H3,(H2,34,39)(H,35,40)(H,36,41)/t22-,23-,25+,30+/m0/s1. The minimum Gasteiger partial charge on any atom is -0.396 e. The van der Waals surface area contributed by atoms with Gasteiger partial charge in [0.25, 0.3) is 0 Å². The van der Waals surface area contributed by atoms with Crippen LogP contribution < -0.4 is 21.7 Å². The summed E-state index contributed by atoms with van der Waals surface area (Å²) in [5.41, 5.74) is 4.97. The van der Waals surface area contributed by atoms with Gasteiger partial charge in [0.2, 0.25) is 17.7 Å². The number of halogens is 3. The number of amides is 3. The Morgan fingerprint density at radius 1 is 1.12 bits per heavy atom. The Labute approximate surface area is 246 Å². The number of anilines is 2. The fourth-order valence-electron chi connectivity index (χ4n) is 6.09. The Hall–Kier alpha value is -3.50. The first-order chi connectivity index (χ1) is 19.4. The summed E-state index contributed by atoms with van der Waals surface area (Å²) in [6, 6.07) is 13.7. The molecule has 0 aromatic heterocycles. The molecule has 2 aliphatic rings.